The van der Waals surface area contributed by atoms with Crippen LogP contribution in [0.4, 0.5) is 0 Å². The number of ether oxygens (including phenoxy) is 2. The van der Waals surface area contributed by atoms with Crippen LogP contribution in [0.2, 0.25) is 0 Å². The van der Waals surface area contributed by atoms with Crippen LogP contribution >= 0.6 is 0 Å². The van der Waals surface area contributed by atoms with E-state index < -0.39 is 0 Å². The van der Waals surface area contributed by atoms with E-state index in [1.165, 1.54) is 0 Å². The Morgan fingerprint density at radius 2 is 2.15 bits per heavy atom. The SMILES string of the molecule is C[N]CC1COc2ccccc2O1. The number of rotatable bonds is 2. The summed E-state index contributed by atoms with van der Waals surface area (Å²) in [6, 6.07) is 7.70. The summed E-state index contributed by atoms with van der Waals surface area (Å²) < 4.78 is 11.2. The zero-order valence-electron chi connectivity index (χ0n) is 7.56. The molecule has 0 bridgehead atoms. The molecule has 0 spiro atoms. The Bertz CT molecular complexity index is 288. The van der Waals surface area contributed by atoms with Crippen LogP contribution in [0.3, 0.4) is 0 Å². The molecule has 1 heterocycles. The number of benzene rings is 1. The van der Waals surface area contributed by atoms with Crippen molar-refractivity contribution >= 4 is 0 Å². The molecule has 13 heavy (non-hydrogen) atoms. The lowest BCUT2D eigenvalue weighted by Gasteiger charge is -2.25. The number of nitrogens with zero attached hydrogens (tertiary/aromatic N) is 1. The maximum Gasteiger partial charge on any atom is 0.161 e. The minimum atomic E-state index is 0.0694. The van der Waals surface area contributed by atoms with Gasteiger partial charge in [0.25, 0.3) is 0 Å². The quantitative estimate of drug-likeness (QED) is 0.678. The van der Waals surface area contributed by atoms with Gasteiger partial charge in [-0.3, -0.25) is 0 Å². The first-order valence-electron chi connectivity index (χ1n) is 4.34. The topological polar surface area (TPSA) is 32.6 Å². The minimum absolute atomic E-state index is 0.0694. The fourth-order valence-corrected chi connectivity index (χ4v) is 1.36. The van der Waals surface area contributed by atoms with E-state index in [1.54, 1.807) is 7.05 Å². The number of fused-ring (bicyclic) bond motifs is 1. The summed E-state index contributed by atoms with van der Waals surface area (Å²) in [4.78, 5) is 0. The van der Waals surface area contributed by atoms with Crippen LogP contribution in [0.1, 0.15) is 0 Å². The fourth-order valence-electron chi connectivity index (χ4n) is 1.36. The van der Waals surface area contributed by atoms with Gasteiger partial charge in [-0.05, 0) is 12.1 Å². The van der Waals surface area contributed by atoms with Crippen molar-refractivity contribution in [1.82, 2.24) is 5.32 Å². The Kier molecular flexibility index (Phi) is 2.36. The fraction of sp³-hybridized carbons (Fsp3) is 0.400. The van der Waals surface area contributed by atoms with Crippen LogP contribution in [0.5, 0.6) is 11.5 Å². The number of hydrogen-bond donors (Lipinski definition) is 0. The molecule has 0 aliphatic carbocycles. The molecule has 0 N–H and O–H groups in total. The summed E-state index contributed by atoms with van der Waals surface area (Å²) in [7, 11) is 1.78. The molecule has 1 radical (unpaired) electrons. The van der Waals surface area contributed by atoms with Crippen molar-refractivity contribution in [3.05, 3.63) is 24.3 Å². The smallest absolute Gasteiger partial charge is 0.161 e. The molecule has 69 valence electrons. The lowest BCUT2D eigenvalue weighted by Crippen LogP contribution is -2.35. The largest absolute Gasteiger partial charge is 0.486 e. The lowest BCUT2D eigenvalue weighted by atomic mass is 10.2. The van der Waals surface area contributed by atoms with Gasteiger partial charge in [0.05, 0.1) is 6.54 Å². The summed E-state index contributed by atoms with van der Waals surface area (Å²) in [5.74, 6) is 1.65. The van der Waals surface area contributed by atoms with Crippen molar-refractivity contribution in [2.45, 2.75) is 6.10 Å². The van der Waals surface area contributed by atoms with Crippen LogP contribution in [-0.4, -0.2) is 26.3 Å². The highest BCUT2D eigenvalue weighted by molar-refractivity contribution is 5.40. The zero-order chi connectivity index (χ0) is 9.10. The van der Waals surface area contributed by atoms with Gasteiger partial charge in [-0.2, -0.15) is 0 Å². The van der Waals surface area contributed by atoms with Gasteiger partial charge >= 0.3 is 0 Å². The normalized spacial score (nSPS) is 19.9. The highest BCUT2D eigenvalue weighted by Gasteiger charge is 2.19. The van der Waals surface area contributed by atoms with Crippen LogP contribution < -0.4 is 14.8 Å². The Labute approximate surface area is 77.7 Å². The van der Waals surface area contributed by atoms with E-state index in [4.69, 9.17) is 9.47 Å². The van der Waals surface area contributed by atoms with E-state index in [9.17, 15) is 0 Å². The predicted octanol–water partition coefficient (Wildman–Crippen LogP) is 1.06. The number of para-hydroxylation sites is 2. The Hall–Kier alpha value is -1.22. The maximum atomic E-state index is 5.65. The van der Waals surface area contributed by atoms with Crippen molar-refractivity contribution in [3.63, 3.8) is 0 Å². The molecule has 1 aromatic carbocycles. The van der Waals surface area contributed by atoms with Crippen LogP contribution in [-0.2, 0) is 0 Å². The maximum absolute atomic E-state index is 5.65. The lowest BCUT2D eigenvalue weighted by molar-refractivity contribution is 0.0913. The molecule has 0 saturated heterocycles. The summed E-state index contributed by atoms with van der Waals surface area (Å²) in [5, 5.41) is 4.03. The van der Waals surface area contributed by atoms with Crippen LogP contribution in [0.25, 0.3) is 0 Å². The summed E-state index contributed by atoms with van der Waals surface area (Å²) >= 11 is 0. The summed E-state index contributed by atoms with van der Waals surface area (Å²) in [6.07, 6.45) is 0.0694. The van der Waals surface area contributed by atoms with Crippen LogP contribution in [0, 0.1) is 0 Å². The molecule has 0 aromatic heterocycles. The second kappa shape index (κ2) is 3.66. The Morgan fingerprint density at radius 3 is 2.92 bits per heavy atom. The van der Waals surface area contributed by atoms with E-state index in [0.717, 1.165) is 11.5 Å². The Balaban J connectivity index is 2.11. The predicted molar refractivity (Wildman–Crippen MR) is 49.3 cm³/mol. The number of hydrogen-bond acceptors (Lipinski definition) is 2. The van der Waals surface area contributed by atoms with Gasteiger partial charge in [-0.25, -0.2) is 5.32 Å². The van der Waals surface area contributed by atoms with Gasteiger partial charge in [0.2, 0.25) is 0 Å². The highest BCUT2D eigenvalue weighted by Crippen LogP contribution is 2.30. The van der Waals surface area contributed by atoms with Crippen molar-refractivity contribution in [3.8, 4) is 11.5 Å². The Morgan fingerprint density at radius 1 is 1.38 bits per heavy atom. The van der Waals surface area contributed by atoms with Gasteiger partial charge < -0.3 is 9.47 Å². The molecule has 0 saturated carbocycles. The second-order valence-corrected chi connectivity index (χ2v) is 3.00. The summed E-state index contributed by atoms with van der Waals surface area (Å²) in [5.41, 5.74) is 0. The van der Waals surface area contributed by atoms with Gasteiger partial charge in [-0.15, -0.1) is 0 Å². The van der Waals surface area contributed by atoms with E-state index in [0.29, 0.717) is 13.2 Å². The van der Waals surface area contributed by atoms with Crippen molar-refractivity contribution in [2.24, 2.45) is 0 Å². The molecule has 1 aromatic rings. The molecule has 0 amide bonds. The first-order chi connectivity index (χ1) is 6.40. The monoisotopic (exact) mass is 178 g/mol. The third kappa shape index (κ3) is 1.75. The first-order valence-corrected chi connectivity index (χ1v) is 4.34. The van der Waals surface area contributed by atoms with Crippen molar-refractivity contribution < 1.29 is 9.47 Å². The molecule has 0 fully saturated rings. The van der Waals surface area contributed by atoms with E-state index in [-0.39, 0.29) is 6.10 Å². The molecule has 1 aliphatic rings. The van der Waals surface area contributed by atoms with Crippen molar-refractivity contribution in [2.75, 3.05) is 20.2 Å². The van der Waals surface area contributed by atoms with Gasteiger partial charge in [0, 0.05) is 7.05 Å². The minimum Gasteiger partial charge on any atom is -0.486 e. The summed E-state index contributed by atoms with van der Waals surface area (Å²) in [6.45, 7) is 1.28. The molecule has 2 rings (SSSR count). The van der Waals surface area contributed by atoms with Gasteiger partial charge in [0.1, 0.15) is 12.7 Å². The van der Waals surface area contributed by atoms with Gasteiger partial charge in [-0.1, -0.05) is 12.1 Å². The van der Waals surface area contributed by atoms with Gasteiger partial charge in [0.15, 0.2) is 11.5 Å². The second-order valence-electron chi connectivity index (χ2n) is 3.00. The molecule has 1 aliphatic heterocycles. The van der Waals surface area contributed by atoms with Crippen LogP contribution in [0.15, 0.2) is 24.3 Å². The average Bonchev–Trinajstić information content (AvgIpc) is 2.18. The molecule has 1 atom stereocenters. The average molecular weight is 178 g/mol. The van der Waals surface area contributed by atoms with E-state index >= 15 is 0 Å². The first kappa shape index (κ1) is 8.38. The van der Waals surface area contributed by atoms with E-state index in [1.807, 2.05) is 24.3 Å². The molecule has 3 heteroatoms. The zero-order valence-corrected chi connectivity index (χ0v) is 7.56. The number of likely N-dealkylation sites (N-methyl/N-ethyl adjacent to an activating group) is 1. The molecular weight excluding hydrogens is 166 g/mol. The van der Waals surface area contributed by atoms with Crippen molar-refractivity contribution in [1.29, 1.82) is 0 Å². The highest BCUT2D eigenvalue weighted by atomic mass is 16.6. The standard InChI is InChI=1S/C10H12NO2/c1-11-6-8-7-12-9-4-2-3-5-10(9)13-8/h2-5,8H,6-7H2,1H3. The third-order valence-electron chi connectivity index (χ3n) is 1.95. The molecular formula is C10H12NO2. The molecule has 3 nitrogen and oxygen atoms in total. The molecule has 1 unspecified atom stereocenters. The third-order valence-corrected chi connectivity index (χ3v) is 1.95. The van der Waals surface area contributed by atoms with E-state index in [2.05, 4.69) is 5.32 Å².